The molecule has 1 unspecified atom stereocenters. The Morgan fingerprint density at radius 1 is 1.28 bits per heavy atom. The van der Waals surface area contributed by atoms with E-state index in [1.165, 1.54) is 4.31 Å². The third-order valence-corrected chi connectivity index (χ3v) is 4.70. The van der Waals surface area contributed by atoms with Crippen molar-refractivity contribution < 1.29 is 18.3 Å². The zero-order valence-electron chi connectivity index (χ0n) is 10.8. The second-order valence-corrected chi connectivity index (χ2v) is 6.32. The van der Waals surface area contributed by atoms with Gasteiger partial charge >= 0.3 is 5.97 Å². The Labute approximate surface area is 109 Å². The maximum absolute atomic E-state index is 12.1. The Bertz CT molecular complexity index is 361. The molecule has 0 aliphatic carbocycles. The van der Waals surface area contributed by atoms with Gasteiger partial charge in [0.2, 0.25) is 0 Å². The van der Waals surface area contributed by atoms with Crippen LogP contribution in [0.15, 0.2) is 0 Å². The third-order valence-electron chi connectivity index (χ3n) is 3.07. The van der Waals surface area contributed by atoms with E-state index in [1.807, 2.05) is 6.92 Å². The van der Waals surface area contributed by atoms with Crippen molar-refractivity contribution >= 4 is 16.2 Å². The number of carboxylic acid groups (broad SMARTS) is 1. The van der Waals surface area contributed by atoms with Gasteiger partial charge in [0, 0.05) is 13.1 Å². The van der Waals surface area contributed by atoms with Crippen molar-refractivity contribution in [3.05, 3.63) is 0 Å². The van der Waals surface area contributed by atoms with Gasteiger partial charge in [0.1, 0.15) is 6.04 Å². The van der Waals surface area contributed by atoms with E-state index in [0.717, 1.165) is 25.7 Å². The molecule has 2 N–H and O–H groups in total. The van der Waals surface area contributed by atoms with Crippen molar-refractivity contribution in [2.75, 3.05) is 13.1 Å². The summed E-state index contributed by atoms with van der Waals surface area (Å²) >= 11 is 0. The minimum Gasteiger partial charge on any atom is -0.480 e. The highest BCUT2D eigenvalue weighted by molar-refractivity contribution is 7.87. The van der Waals surface area contributed by atoms with E-state index in [2.05, 4.69) is 4.72 Å². The molecule has 0 aromatic heterocycles. The van der Waals surface area contributed by atoms with Crippen LogP contribution >= 0.6 is 0 Å². The molecule has 1 aliphatic heterocycles. The Morgan fingerprint density at radius 3 is 2.28 bits per heavy atom. The summed E-state index contributed by atoms with van der Waals surface area (Å²) in [4.78, 5) is 11.0. The predicted molar refractivity (Wildman–Crippen MR) is 68.4 cm³/mol. The lowest BCUT2D eigenvalue weighted by Crippen LogP contribution is -2.48. The van der Waals surface area contributed by atoms with Crippen LogP contribution in [0, 0.1) is 0 Å². The van der Waals surface area contributed by atoms with Gasteiger partial charge in [0.05, 0.1) is 0 Å². The van der Waals surface area contributed by atoms with Crippen molar-refractivity contribution in [3.63, 3.8) is 0 Å². The molecular weight excluding hydrogens is 256 g/mol. The van der Waals surface area contributed by atoms with E-state index in [1.54, 1.807) is 0 Å². The quantitative estimate of drug-likeness (QED) is 0.757. The summed E-state index contributed by atoms with van der Waals surface area (Å²) in [6.07, 6.45) is 4.67. The first-order chi connectivity index (χ1) is 8.47. The van der Waals surface area contributed by atoms with Gasteiger partial charge in [-0.25, -0.2) is 0 Å². The summed E-state index contributed by atoms with van der Waals surface area (Å²) in [7, 11) is -3.67. The molecule has 1 saturated heterocycles. The van der Waals surface area contributed by atoms with Gasteiger partial charge in [-0.15, -0.1) is 0 Å². The van der Waals surface area contributed by atoms with Crippen molar-refractivity contribution in [1.29, 1.82) is 0 Å². The molecule has 1 heterocycles. The predicted octanol–water partition coefficient (Wildman–Crippen LogP) is 0.950. The van der Waals surface area contributed by atoms with Crippen LogP contribution in [-0.4, -0.2) is 42.9 Å². The van der Waals surface area contributed by atoms with Crippen LogP contribution in [0.1, 0.15) is 45.4 Å². The fourth-order valence-corrected chi connectivity index (χ4v) is 3.52. The van der Waals surface area contributed by atoms with E-state index in [-0.39, 0.29) is 0 Å². The summed E-state index contributed by atoms with van der Waals surface area (Å²) in [5.74, 6) is -1.12. The van der Waals surface area contributed by atoms with E-state index in [0.29, 0.717) is 25.9 Å². The normalized spacial score (nSPS) is 20.3. The van der Waals surface area contributed by atoms with Gasteiger partial charge in [-0.05, 0) is 19.3 Å². The van der Waals surface area contributed by atoms with Gasteiger partial charge in [0.15, 0.2) is 0 Å². The van der Waals surface area contributed by atoms with E-state index in [4.69, 9.17) is 5.11 Å². The van der Waals surface area contributed by atoms with Crippen molar-refractivity contribution in [2.45, 2.75) is 51.5 Å². The average molecular weight is 278 g/mol. The Kier molecular flexibility index (Phi) is 6.04. The van der Waals surface area contributed by atoms with E-state index >= 15 is 0 Å². The molecule has 0 aromatic rings. The maximum Gasteiger partial charge on any atom is 0.321 e. The number of nitrogens with one attached hydrogen (secondary N) is 1. The highest BCUT2D eigenvalue weighted by Crippen LogP contribution is 2.13. The van der Waals surface area contributed by atoms with Gasteiger partial charge in [-0.2, -0.15) is 17.4 Å². The molecule has 7 heteroatoms. The lowest BCUT2D eigenvalue weighted by atomic mass is 10.2. The number of hydrogen-bond donors (Lipinski definition) is 2. The summed E-state index contributed by atoms with van der Waals surface area (Å²) < 4.78 is 27.8. The Balaban J connectivity index is 2.69. The summed E-state index contributed by atoms with van der Waals surface area (Å²) in [6.45, 7) is 2.79. The minimum atomic E-state index is -3.67. The first-order valence-corrected chi connectivity index (χ1v) is 7.91. The maximum atomic E-state index is 12.1. The van der Waals surface area contributed by atoms with Crippen LogP contribution < -0.4 is 4.72 Å². The van der Waals surface area contributed by atoms with Crippen LogP contribution in [-0.2, 0) is 15.0 Å². The molecule has 0 amide bonds. The zero-order chi connectivity index (χ0) is 13.6. The molecular formula is C11H22N2O4S. The fraction of sp³-hybridized carbons (Fsp3) is 0.909. The smallest absolute Gasteiger partial charge is 0.321 e. The van der Waals surface area contributed by atoms with Crippen LogP contribution in [0.3, 0.4) is 0 Å². The molecule has 0 aromatic carbocycles. The summed E-state index contributed by atoms with van der Waals surface area (Å²) in [6, 6.07) is -1.02. The molecule has 1 atom stereocenters. The largest absolute Gasteiger partial charge is 0.480 e. The Hall–Kier alpha value is -0.660. The molecule has 6 nitrogen and oxygen atoms in total. The molecule has 0 radical (unpaired) electrons. The zero-order valence-corrected chi connectivity index (χ0v) is 11.6. The van der Waals surface area contributed by atoms with Crippen LogP contribution in [0.25, 0.3) is 0 Å². The minimum absolute atomic E-state index is 0.308. The first kappa shape index (κ1) is 15.4. The average Bonchev–Trinajstić information content (AvgIpc) is 2.57. The third kappa shape index (κ3) is 4.55. The second kappa shape index (κ2) is 7.06. The Morgan fingerprint density at radius 2 is 1.83 bits per heavy atom. The lowest BCUT2D eigenvalue weighted by Gasteiger charge is -2.22. The summed E-state index contributed by atoms with van der Waals surface area (Å²) in [5, 5.41) is 8.98. The van der Waals surface area contributed by atoms with E-state index < -0.39 is 22.2 Å². The molecule has 1 aliphatic rings. The number of rotatable bonds is 6. The van der Waals surface area contributed by atoms with Crippen LogP contribution in [0.2, 0.25) is 0 Å². The second-order valence-electron chi connectivity index (χ2n) is 4.62. The van der Waals surface area contributed by atoms with Crippen LogP contribution in [0.5, 0.6) is 0 Å². The van der Waals surface area contributed by atoms with Gasteiger partial charge in [0.25, 0.3) is 10.2 Å². The molecule has 18 heavy (non-hydrogen) atoms. The number of carboxylic acids is 1. The van der Waals surface area contributed by atoms with E-state index in [9.17, 15) is 13.2 Å². The van der Waals surface area contributed by atoms with Gasteiger partial charge in [-0.1, -0.05) is 26.2 Å². The monoisotopic (exact) mass is 278 g/mol. The number of carbonyl (C=O) groups is 1. The number of hydrogen-bond acceptors (Lipinski definition) is 3. The number of aliphatic carboxylic acids is 1. The summed E-state index contributed by atoms with van der Waals surface area (Å²) in [5.41, 5.74) is 0. The van der Waals surface area contributed by atoms with Crippen molar-refractivity contribution in [3.8, 4) is 0 Å². The SMILES string of the molecule is CCCC(NS(=O)(=O)N1CCCCCC1)C(=O)O. The molecule has 1 fully saturated rings. The number of nitrogens with zero attached hydrogens (tertiary/aromatic N) is 1. The molecule has 0 bridgehead atoms. The highest BCUT2D eigenvalue weighted by atomic mass is 32.2. The van der Waals surface area contributed by atoms with Crippen molar-refractivity contribution in [1.82, 2.24) is 9.03 Å². The van der Waals surface area contributed by atoms with Crippen LogP contribution in [0.4, 0.5) is 0 Å². The molecule has 1 rings (SSSR count). The standard InChI is InChI=1S/C11H22N2O4S/c1-2-7-10(11(14)15)12-18(16,17)13-8-5-3-4-6-9-13/h10,12H,2-9H2,1H3,(H,14,15). The van der Waals surface area contributed by atoms with Crippen molar-refractivity contribution in [2.24, 2.45) is 0 Å². The topological polar surface area (TPSA) is 86.7 Å². The van der Waals surface area contributed by atoms with Gasteiger partial charge < -0.3 is 5.11 Å². The highest BCUT2D eigenvalue weighted by Gasteiger charge is 2.28. The fourth-order valence-electron chi connectivity index (χ4n) is 2.06. The lowest BCUT2D eigenvalue weighted by molar-refractivity contribution is -0.139. The van der Waals surface area contributed by atoms with Gasteiger partial charge in [-0.3, -0.25) is 4.79 Å². The molecule has 0 spiro atoms. The molecule has 0 saturated carbocycles. The molecule has 106 valence electrons. The first-order valence-electron chi connectivity index (χ1n) is 6.47.